The first-order chi connectivity index (χ1) is 7.28. The standard InChI is InChI=1S/C11H12N2S2/c1-14-9-4-2-8(3-5-9)6-10-7-13-11(12)15-10/h2-5,7H,6H2,1H3,(H2,12,13). The van der Waals surface area contributed by atoms with Crippen molar-refractivity contribution in [1.29, 1.82) is 0 Å². The summed E-state index contributed by atoms with van der Waals surface area (Å²) in [6, 6.07) is 8.60. The van der Waals surface area contributed by atoms with Crippen LogP contribution in [0.3, 0.4) is 0 Å². The summed E-state index contributed by atoms with van der Waals surface area (Å²) >= 11 is 3.31. The summed E-state index contributed by atoms with van der Waals surface area (Å²) < 4.78 is 0. The molecule has 0 atom stereocenters. The summed E-state index contributed by atoms with van der Waals surface area (Å²) in [6.45, 7) is 0. The van der Waals surface area contributed by atoms with Crippen LogP contribution in [0.4, 0.5) is 5.13 Å². The zero-order valence-electron chi connectivity index (χ0n) is 8.43. The highest BCUT2D eigenvalue weighted by Gasteiger charge is 2.00. The minimum absolute atomic E-state index is 0.644. The van der Waals surface area contributed by atoms with E-state index in [2.05, 4.69) is 35.5 Å². The average molecular weight is 236 g/mol. The molecule has 0 saturated carbocycles. The predicted molar refractivity (Wildman–Crippen MR) is 67.6 cm³/mol. The van der Waals surface area contributed by atoms with E-state index >= 15 is 0 Å². The number of hydrogen-bond acceptors (Lipinski definition) is 4. The van der Waals surface area contributed by atoms with Gasteiger partial charge in [0.2, 0.25) is 0 Å². The summed E-state index contributed by atoms with van der Waals surface area (Å²) in [7, 11) is 0. The monoisotopic (exact) mass is 236 g/mol. The zero-order chi connectivity index (χ0) is 10.7. The molecule has 1 aromatic carbocycles. The van der Waals surface area contributed by atoms with Crippen LogP contribution in [0.2, 0.25) is 0 Å². The molecule has 1 aromatic heterocycles. The predicted octanol–water partition coefficient (Wildman–Crippen LogP) is 3.04. The van der Waals surface area contributed by atoms with Crippen molar-refractivity contribution < 1.29 is 0 Å². The molecule has 2 N–H and O–H groups in total. The topological polar surface area (TPSA) is 38.9 Å². The molecule has 78 valence electrons. The van der Waals surface area contributed by atoms with Crippen molar-refractivity contribution in [3.8, 4) is 0 Å². The lowest BCUT2D eigenvalue weighted by molar-refractivity contribution is 1.20. The van der Waals surface area contributed by atoms with Crippen LogP contribution in [0.25, 0.3) is 0 Å². The number of hydrogen-bond donors (Lipinski definition) is 1. The minimum Gasteiger partial charge on any atom is -0.375 e. The molecule has 0 aliphatic carbocycles. The van der Waals surface area contributed by atoms with Crippen LogP contribution in [0.1, 0.15) is 10.4 Å². The van der Waals surface area contributed by atoms with Crippen molar-refractivity contribution in [2.75, 3.05) is 12.0 Å². The summed E-state index contributed by atoms with van der Waals surface area (Å²) in [5.41, 5.74) is 6.88. The van der Waals surface area contributed by atoms with Crippen LogP contribution >= 0.6 is 23.1 Å². The van der Waals surface area contributed by atoms with Crippen molar-refractivity contribution in [2.24, 2.45) is 0 Å². The fourth-order valence-corrected chi connectivity index (χ4v) is 2.48. The number of benzene rings is 1. The number of nitrogens with zero attached hydrogens (tertiary/aromatic N) is 1. The number of thiazole rings is 1. The Hall–Kier alpha value is -1.00. The van der Waals surface area contributed by atoms with Gasteiger partial charge in [0.05, 0.1) is 0 Å². The van der Waals surface area contributed by atoms with E-state index in [0.717, 1.165) is 6.42 Å². The van der Waals surface area contributed by atoms with Crippen molar-refractivity contribution in [1.82, 2.24) is 4.98 Å². The maximum atomic E-state index is 5.58. The fourth-order valence-electron chi connectivity index (χ4n) is 1.35. The van der Waals surface area contributed by atoms with E-state index in [0.29, 0.717) is 5.13 Å². The lowest BCUT2D eigenvalue weighted by Gasteiger charge is -1.99. The first kappa shape index (κ1) is 10.5. The van der Waals surface area contributed by atoms with Gasteiger partial charge in [0, 0.05) is 22.4 Å². The quantitative estimate of drug-likeness (QED) is 0.833. The van der Waals surface area contributed by atoms with Gasteiger partial charge in [-0.25, -0.2) is 4.98 Å². The molecule has 0 saturated heterocycles. The van der Waals surface area contributed by atoms with Crippen molar-refractivity contribution in [3.63, 3.8) is 0 Å². The maximum absolute atomic E-state index is 5.58. The van der Waals surface area contributed by atoms with Gasteiger partial charge in [0.1, 0.15) is 0 Å². The minimum atomic E-state index is 0.644. The molecule has 0 amide bonds. The molecule has 0 aliphatic rings. The number of rotatable bonds is 3. The Kier molecular flexibility index (Phi) is 3.28. The molecule has 15 heavy (non-hydrogen) atoms. The number of nitrogen functional groups attached to an aromatic ring is 1. The molecule has 2 aromatic rings. The van der Waals surface area contributed by atoms with E-state index in [9.17, 15) is 0 Å². The zero-order valence-corrected chi connectivity index (χ0v) is 10.1. The molecule has 0 bridgehead atoms. The first-order valence-electron chi connectivity index (χ1n) is 4.61. The van der Waals surface area contributed by atoms with E-state index < -0.39 is 0 Å². The van der Waals surface area contributed by atoms with Gasteiger partial charge in [0.15, 0.2) is 5.13 Å². The molecule has 0 spiro atoms. The van der Waals surface area contributed by atoms with Crippen LogP contribution in [-0.2, 0) is 6.42 Å². The largest absolute Gasteiger partial charge is 0.375 e. The molecular formula is C11H12N2S2. The van der Waals surface area contributed by atoms with E-state index in [-0.39, 0.29) is 0 Å². The van der Waals surface area contributed by atoms with E-state index in [1.807, 2.05) is 6.20 Å². The van der Waals surface area contributed by atoms with Crippen LogP contribution in [0.15, 0.2) is 35.4 Å². The lowest BCUT2D eigenvalue weighted by Crippen LogP contribution is -1.83. The van der Waals surface area contributed by atoms with Gasteiger partial charge in [-0.1, -0.05) is 12.1 Å². The third kappa shape index (κ3) is 2.73. The van der Waals surface area contributed by atoms with E-state index in [4.69, 9.17) is 5.73 Å². The third-order valence-electron chi connectivity index (χ3n) is 2.11. The third-order valence-corrected chi connectivity index (χ3v) is 3.68. The molecule has 2 nitrogen and oxygen atoms in total. The molecule has 0 unspecified atom stereocenters. The number of thioether (sulfide) groups is 1. The Morgan fingerprint density at radius 2 is 2.07 bits per heavy atom. The lowest BCUT2D eigenvalue weighted by atomic mass is 10.1. The van der Waals surface area contributed by atoms with Gasteiger partial charge < -0.3 is 5.73 Å². The van der Waals surface area contributed by atoms with Gasteiger partial charge in [0.25, 0.3) is 0 Å². The Bertz CT molecular complexity index is 434. The molecular weight excluding hydrogens is 224 g/mol. The molecule has 2 rings (SSSR count). The fraction of sp³-hybridized carbons (Fsp3) is 0.182. The second-order valence-electron chi connectivity index (χ2n) is 3.19. The van der Waals surface area contributed by atoms with Gasteiger partial charge in [-0.2, -0.15) is 0 Å². The van der Waals surface area contributed by atoms with Crippen molar-refractivity contribution in [3.05, 3.63) is 40.9 Å². The van der Waals surface area contributed by atoms with Crippen LogP contribution < -0.4 is 5.73 Å². The maximum Gasteiger partial charge on any atom is 0.180 e. The highest BCUT2D eigenvalue weighted by molar-refractivity contribution is 7.98. The number of nitrogens with two attached hydrogens (primary N) is 1. The Morgan fingerprint density at radius 1 is 1.33 bits per heavy atom. The second-order valence-corrected chi connectivity index (χ2v) is 5.22. The Balaban J connectivity index is 2.11. The molecule has 0 fully saturated rings. The van der Waals surface area contributed by atoms with Gasteiger partial charge in [-0.05, 0) is 24.0 Å². The summed E-state index contributed by atoms with van der Waals surface area (Å²) in [6.07, 6.45) is 4.85. The second kappa shape index (κ2) is 4.68. The van der Waals surface area contributed by atoms with Gasteiger partial charge in [-0.15, -0.1) is 23.1 Å². The summed E-state index contributed by atoms with van der Waals surface area (Å²) in [5.74, 6) is 0. The van der Waals surface area contributed by atoms with Crippen molar-refractivity contribution in [2.45, 2.75) is 11.3 Å². The molecule has 0 radical (unpaired) electrons. The van der Waals surface area contributed by atoms with Crippen LogP contribution in [-0.4, -0.2) is 11.2 Å². The number of anilines is 1. The highest BCUT2D eigenvalue weighted by Crippen LogP contribution is 2.20. The number of aromatic nitrogens is 1. The highest BCUT2D eigenvalue weighted by atomic mass is 32.2. The summed E-state index contributed by atoms with van der Waals surface area (Å²) in [5, 5.41) is 0.644. The SMILES string of the molecule is CSc1ccc(Cc2cnc(N)s2)cc1. The normalized spacial score (nSPS) is 10.5. The van der Waals surface area contributed by atoms with E-state index in [1.165, 1.54) is 15.3 Å². The van der Waals surface area contributed by atoms with Crippen LogP contribution in [0.5, 0.6) is 0 Å². The average Bonchev–Trinajstić information content (AvgIpc) is 2.65. The smallest absolute Gasteiger partial charge is 0.180 e. The van der Waals surface area contributed by atoms with Gasteiger partial charge >= 0.3 is 0 Å². The van der Waals surface area contributed by atoms with Gasteiger partial charge in [-0.3, -0.25) is 0 Å². The summed E-state index contributed by atoms with van der Waals surface area (Å²) in [4.78, 5) is 6.55. The molecule has 0 aliphatic heterocycles. The van der Waals surface area contributed by atoms with Crippen molar-refractivity contribution >= 4 is 28.2 Å². The Morgan fingerprint density at radius 3 is 2.60 bits per heavy atom. The molecule has 4 heteroatoms. The molecule has 1 heterocycles. The van der Waals surface area contributed by atoms with E-state index in [1.54, 1.807) is 23.1 Å². The first-order valence-corrected chi connectivity index (χ1v) is 6.65. The Labute approximate surface area is 97.5 Å². The van der Waals surface area contributed by atoms with Crippen LogP contribution in [0, 0.1) is 0 Å².